The van der Waals surface area contributed by atoms with E-state index in [4.69, 9.17) is 21.1 Å². The first-order valence-corrected chi connectivity index (χ1v) is 11.7. The smallest absolute Gasteiger partial charge is 0.309 e. The van der Waals surface area contributed by atoms with Crippen molar-refractivity contribution < 1.29 is 19.1 Å². The summed E-state index contributed by atoms with van der Waals surface area (Å²) in [7, 11) is 1.53. The Balaban J connectivity index is 1.60. The number of ether oxygens (including phenoxy) is 2. The second kappa shape index (κ2) is 9.84. The highest BCUT2D eigenvalue weighted by Crippen LogP contribution is 2.36. The van der Waals surface area contributed by atoms with E-state index in [2.05, 4.69) is 20.3 Å². The molecule has 0 saturated carbocycles. The van der Waals surface area contributed by atoms with E-state index in [1.807, 2.05) is 6.92 Å². The van der Waals surface area contributed by atoms with E-state index < -0.39 is 0 Å². The van der Waals surface area contributed by atoms with Gasteiger partial charge < -0.3 is 9.47 Å². The third-order valence-corrected chi connectivity index (χ3v) is 6.65. The molecule has 1 amide bonds. The summed E-state index contributed by atoms with van der Waals surface area (Å²) < 4.78 is 10.6. The maximum Gasteiger partial charge on any atom is 0.309 e. The van der Waals surface area contributed by atoms with Gasteiger partial charge in [-0.15, -0.1) is 11.3 Å². The standard InChI is InChI=1S/C23H23ClN4O4S/c1-4-32-22(30)13-5-6-17-19(8-13)33-23(27-17)28-21(29)16-10-25-12(2)7-14(16)15-9-20(24)26-11-18(15)31-3/h7,9-11,13H,4-6,8H2,1-3H3,(H,27,28,29)/t13-/m1/s1. The number of pyridine rings is 2. The number of esters is 1. The Hall–Kier alpha value is -3.04. The van der Waals surface area contributed by atoms with Crippen molar-refractivity contribution in [1.82, 2.24) is 15.0 Å². The molecule has 3 heterocycles. The fourth-order valence-corrected chi connectivity index (χ4v) is 5.05. The Kier molecular flexibility index (Phi) is 6.90. The van der Waals surface area contributed by atoms with Crippen LogP contribution in [0.2, 0.25) is 5.15 Å². The van der Waals surface area contributed by atoms with Crippen molar-refractivity contribution >= 4 is 39.9 Å². The third-order valence-electron chi connectivity index (χ3n) is 5.41. The second-order valence-corrected chi connectivity index (χ2v) is 9.08. The minimum absolute atomic E-state index is 0.168. The van der Waals surface area contributed by atoms with Crippen LogP contribution in [0.3, 0.4) is 0 Å². The number of anilines is 1. The number of hydrogen-bond donors (Lipinski definition) is 1. The molecule has 1 aliphatic carbocycles. The van der Waals surface area contributed by atoms with Crippen LogP contribution < -0.4 is 10.1 Å². The van der Waals surface area contributed by atoms with Crippen molar-refractivity contribution in [3.05, 3.63) is 51.5 Å². The molecule has 0 aliphatic heterocycles. The number of thiazole rings is 1. The summed E-state index contributed by atoms with van der Waals surface area (Å²) in [6.45, 7) is 4.01. The molecular weight excluding hydrogens is 464 g/mol. The van der Waals surface area contributed by atoms with Gasteiger partial charge in [0.25, 0.3) is 5.91 Å². The maximum atomic E-state index is 13.2. The zero-order valence-electron chi connectivity index (χ0n) is 18.5. The van der Waals surface area contributed by atoms with Gasteiger partial charge >= 0.3 is 5.97 Å². The van der Waals surface area contributed by atoms with E-state index in [-0.39, 0.29) is 22.9 Å². The first kappa shape index (κ1) is 23.1. The van der Waals surface area contributed by atoms with Gasteiger partial charge in [0, 0.05) is 27.9 Å². The number of carbonyl (C=O) groups is 2. The molecule has 8 nitrogen and oxygen atoms in total. The van der Waals surface area contributed by atoms with Crippen LogP contribution in [0.1, 0.15) is 40.0 Å². The Morgan fingerprint density at radius 1 is 1.24 bits per heavy atom. The molecule has 33 heavy (non-hydrogen) atoms. The molecule has 1 aliphatic rings. The fourth-order valence-electron chi connectivity index (χ4n) is 3.81. The third kappa shape index (κ3) is 4.99. The molecule has 0 aromatic carbocycles. The van der Waals surface area contributed by atoms with Crippen LogP contribution in [0.15, 0.2) is 24.5 Å². The number of aromatic nitrogens is 3. The van der Waals surface area contributed by atoms with E-state index in [9.17, 15) is 9.59 Å². The quantitative estimate of drug-likeness (QED) is 0.404. The molecule has 10 heteroatoms. The largest absolute Gasteiger partial charge is 0.494 e. The summed E-state index contributed by atoms with van der Waals surface area (Å²) in [5.74, 6) is -0.199. The number of amides is 1. The van der Waals surface area contributed by atoms with Crippen LogP contribution in [-0.2, 0) is 22.4 Å². The second-order valence-electron chi connectivity index (χ2n) is 7.61. The van der Waals surface area contributed by atoms with Crippen LogP contribution in [0.5, 0.6) is 5.75 Å². The van der Waals surface area contributed by atoms with Crippen LogP contribution in [0.4, 0.5) is 5.13 Å². The van der Waals surface area contributed by atoms with Gasteiger partial charge in [-0.1, -0.05) is 11.6 Å². The minimum atomic E-state index is -0.347. The molecule has 3 aromatic rings. The molecule has 0 saturated heterocycles. The zero-order chi connectivity index (χ0) is 23.5. The maximum absolute atomic E-state index is 13.2. The van der Waals surface area contributed by atoms with Crippen molar-refractivity contribution in [2.45, 2.75) is 33.1 Å². The van der Waals surface area contributed by atoms with Gasteiger partial charge in [0.2, 0.25) is 0 Å². The molecule has 0 radical (unpaired) electrons. The summed E-state index contributed by atoms with van der Waals surface area (Å²) in [6, 6.07) is 3.46. The number of nitrogens with zero attached hydrogens (tertiary/aromatic N) is 3. The normalized spacial score (nSPS) is 15.0. The summed E-state index contributed by atoms with van der Waals surface area (Å²) in [4.78, 5) is 39.3. The molecule has 1 N–H and O–H groups in total. The number of halogens is 1. The number of carbonyl (C=O) groups excluding carboxylic acids is 2. The van der Waals surface area contributed by atoms with Crippen LogP contribution in [-0.4, -0.2) is 40.5 Å². The summed E-state index contributed by atoms with van der Waals surface area (Å²) in [6.07, 6.45) is 4.99. The van der Waals surface area contributed by atoms with Gasteiger partial charge in [0.1, 0.15) is 10.9 Å². The van der Waals surface area contributed by atoms with Gasteiger partial charge in [0.05, 0.1) is 37.1 Å². The first-order chi connectivity index (χ1) is 15.9. The SMILES string of the molecule is CCOC(=O)[C@@H]1CCc2nc(NC(=O)c3cnc(C)cc3-c3cc(Cl)ncc3OC)sc2C1. The molecule has 4 rings (SSSR count). The van der Waals surface area contributed by atoms with E-state index in [0.717, 1.165) is 16.3 Å². The topological polar surface area (TPSA) is 103 Å². The number of methoxy groups -OCH3 is 1. The van der Waals surface area contributed by atoms with Gasteiger partial charge in [-0.3, -0.25) is 19.9 Å². The average molecular weight is 487 g/mol. The predicted octanol–water partition coefficient (Wildman–Crippen LogP) is 4.49. The number of fused-ring (bicyclic) bond motifs is 1. The van der Waals surface area contributed by atoms with Crippen LogP contribution in [0, 0.1) is 12.8 Å². The Labute approximate surface area is 200 Å². The zero-order valence-corrected chi connectivity index (χ0v) is 20.0. The highest BCUT2D eigenvalue weighted by atomic mass is 35.5. The van der Waals surface area contributed by atoms with E-state index in [1.165, 1.54) is 30.8 Å². The lowest BCUT2D eigenvalue weighted by molar-refractivity contribution is -0.148. The van der Waals surface area contributed by atoms with Crippen molar-refractivity contribution in [2.75, 3.05) is 19.0 Å². The Morgan fingerprint density at radius 3 is 2.82 bits per heavy atom. The van der Waals surface area contributed by atoms with E-state index >= 15 is 0 Å². The van der Waals surface area contributed by atoms with Crippen molar-refractivity contribution in [1.29, 1.82) is 0 Å². The molecule has 0 bridgehead atoms. The average Bonchev–Trinajstić information content (AvgIpc) is 3.20. The van der Waals surface area contributed by atoms with Crippen molar-refractivity contribution in [3.8, 4) is 16.9 Å². The van der Waals surface area contributed by atoms with Crippen molar-refractivity contribution in [3.63, 3.8) is 0 Å². The molecule has 172 valence electrons. The predicted molar refractivity (Wildman–Crippen MR) is 126 cm³/mol. The highest BCUT2D eigenvalue weighted by Gasteiger charge is 2.29. The molecule has 0 unspecified atom stereocenters. The molecule has 1 atom stereocenters. The fraction of sp³-hybridized carbons (Fsp3) is 0.348. The lowest BCUT2D eigenvalue weighted by Gasteiger charge is -2.18. The van der Waals surface area contributed by atoms with Gasteiger partial charge in [-0.25, -0.2) is 9.97 Å². The number of nitrogens with one attached hydrogen (secondary N) is 1. The molecule has 0 spiro atoms. The van der Waals surface area contributed by atoms with Gasteiger partial charge in [-0.2, -0.15) is 0 Å². The monoisotopic (exact) mass is 486 g/mol. The van der Waals surface area contributed by atoms with Gasteiger partial charge in [0.15, 0.2) is 5.13 Å². The van der Waals surface area contributed by atoms with Crippen LogP contribution >= 0.6 is 22.9 Å². The number of rotatable bonds is 6. The molecular formula is C23H23ClN4O4S. The number of aryl methyl sites for hydroxylation is 2. The number of hydrogen-bond acceptors (Lipinski definition) is 8. The minimum Gasteiger partial charge on any atom is -0.494 e. The Bertz CT molecular complexity index is 1210. The van der Waals surface area contributed by atoms with E-state index in [1.54, 1.807) is 19.1 Å². The van der Waals surface area contributed by atoms with Crippen molar-refractivity contribution in [2.24, 2.45) is 5.92 Å². The lowest BCUT2D eigenvalue weighted by Crippen LogP contribution is -2.24. The Morgan fingerprint density at radius 2 is 2.06 bits per heavy atom. The first-order valence-electron chi connectivity index (χ1n) is 10.5. The molecule has 3 aromatic heterocycles. The highest BCUT2D eigenvalue weighted by molar-refractivity contribution is 7.15. The summed E-state index contributed by atoms with van der Waals surface area (Å²) >= 11 is 7.50. The van der Waals surface area contributed by atoms with Gasteiger partial charge in [-0.05, 0) is 45.2 Å². The van der Waals surface area contributed by atoms with Crippen LogP contribution in [0.25, 0.3) is 11.1 Å². The lowest BCUT2D eigenvalue weighted by atomic mass is 9.91. The molecule has 0 fully saturated rings. The summed E-state index contributed by atoms with van der Waals surface area (Å²) in [5.41, 5.74) is 3.29. The van der Waals surface area contributed by atoms with E-state index in [0.29, 0.717) is 53.4 Å². The summed E-state index contributed by atoms with van der Waals surface area (Å²) in [5, 5.41) is 3.66.